The van der Waals surface area contributed by atoms with Gasteiger partial charge in [0.2, 0.25) is 0 Å². The van der Waals surface area contributed by atoms with Crippen LogP contribution in [0.3, 0.4) is 0 Å². The highest BCUT2D eigenvalue weighted by molar-refractivity contribution is 6.25. The zero-order valence-electron chi connectivity index (χ0n) is 26.3. The first kappa shape index (κ1) is 27.4. The molecular formula is C44H27N5. The van der Waals surface area contributed by atoms with Crippen LogP contribution in [-0.2, 0) is 0 Å². The number of fused-ring (bicyclic) bond motifs is 8. The van der Waals surface area contributed by atoms with Crippen LogP contribution >= 0.6 is 0 Å². The van der Waals surface area contributed by atoms with Crippen molar-refractivity contribution in [2.24, 2.45) is 0 Å². The van der Waals surface area contributed by atoms with Gasteiger partial charge >= 0.3 is 0 Å². The van der Waals surface area contributed by atoms with Crippen molar-refractivity contribution < 1.29 is 0 Å². The van der Waals surface area contributed by atoms with Crippen LogP contribution in [0.5, 0.6) is 0 Å². The minimum atomic E-state index is 0.511. The molecule has 5 nitrogen and oxygen atoms in total. The molecule has 2 aromatic heterocycles. The van der Waals surface area contributed by atoms with Crippen LogP contribution in [0.1, 0.15) is 0 Å². The molecule has 0 bridgehead atoms. The first-order chi connectivity index (χ1) is 24.3. The zero-order chi connectivity index (χ0) is 32.3. The molecule has 0 aliphatic heterocycles. The maximum absolute atomic E-state index is 5.19. The van der Waals surface area contributed by atoms with Gasteiger partial charge in [0.05, 0.1) is 11.0 Å². The number of hydrogen-bond acceptors (Lipinski definition) is 4. The number of hydrogen-bond donors (Lipinski definition) is 0. The van der Waals surface area contributed by atoms with Crippen molar-refractivity contribution >= 4 is 54.1 Å². The lowest BCUT2D eigenvalue weighted by Crippen LogP contribution is -2.05. The summed E-state index contributed by atoms with van der Waals surface area (Å²) < 4.78 is 2.14. The van der Waals surface area contributed by atoms with E-state index in [1.165, 1.54) is 32.3 Å². The van der Waals surface area contributed by atoms with Gasteiger partial charge < -0.3 is 0 Å². The van der Waals surface area contributed by atoms with E-state index >= 15 is 0 Å². The van der Waals surface area contributed by atoms with Crippen molar-refractivity contribution in [1.82, 2.24) is 24.5 Å². The summed E-state index contributed by atoms with van der Waals surface area (Å²) in [5.41, 5.74) is 4.69. The van der Waals surface area contributed by atoms with E-state index in [1.54, 1.807) is 0 Å². The number of imidazole rings is 1. The van der Waals surface area contributed by atoms with E-state index in [1.807, 2.05) is 36.4 Å². The second kappa shape index (κ2) is 10.9. The van der Waals surface area contributed by atoms with E-state index in [-0.39, 0.29) is 0 Å². The fourth-order valence-electron chi connectivity index (χ4n) is 7.12. The summed E-state index contributed by atoms with van der Waals surface area (Å²) in [6.45, 7) is 0. The molecule has 2 heterocycles. The fraction of sp³-hybridized carbons (Fsp3) is 0. The van der Waals surface area contributed by atoms with Gasteiger partial charge in [-0.1, -0.05) is 127 Å². The molecule has 0 saturated heterocycles. The molecular weight excluding hydrogens is 599 g/mol. The van der Waals surface area contributed by atoms with Crippen LogP contribution < -0.4 is 0 Å². The summed E-state index contributed by atoms with van der Waals surface area (Å²) in [6.07, 6.45) is 0. The van der Waals surface area contributed by atoms with Gasteiger partial charge in [0.1, 0.15) is 0 Å². The van der Waals surface area contributed by atoms with Crippen molar-refractivity contribution in [3.05, 3.63) is 164 Å². The summed E-state index contributed by atoms with van der Waals surface area (Å²) in [6, 6.07) is 57.0. The van der Waals surface area contributed by atoms with E-state index in [0.717, 1.165) is 38.6 Å². The quantitative estimate of drug-likeness (QED) is 0.183. The van der Waals surface area contributed by atoms with Gasteiger partial charge in [-0.3, -0.25) is 4.57 Å². The molecule has 0 atom stereocenters. The number of aromatic nitrogens is 5. The predicted molar refractivity (Wildman–Crippen MR) is 201 cm³/mol. The SMILES string of the molecule is c1ccc(-n2c(-c3nc(-c4ccc5ccccc5c4)nc(-c4ccc5c6ccccc6c6ccccc6c5c4)n3)nc3ccccc32)cc1. The van der Waals surface area contributed by atoms with E-state index in [9.17, 15) is 0 Å². The smallest absolute Gasteiger partial charge is 0.200 e. The van der Waals surface area contributed by atoms with Crippen LogP contribution in [-0.4, -0.2) is 24.5 Å². The summed E-state index contributed by atoms with van der Waals surface area (Å²) in [7, 11) is 0. The Morgan fingerprint density at radius 3 is 1.61 bits per heavy atom. The highest BCUT2D eigenvalue weighted by Crippen LogP contribution is 2.37. The lowest BCUT2D eigenvalue weighted by atomic mass is 9.93. The molecule has 5 heteroatoms. The third-order valence-electron chi connectivity index (χ3n) is 9.42. The summed E-state index contributed by atoms with van der Waals surface area (Å²) in [4.78, 5) is 20.6. The second-order valence-electron chi connectivity index (χ2n) is 12.3. The minimum Gasteiger partial charge on any atom is -0.290 e. The van der Waals surface area contributed by atoms with Crippen molar-refractivity contribution in [2.45, 2.75) is 0 Å². The number of rotatable bonds is 4. The molecule has 228 valence electrons. The predicted octanol–water partition coefficient (Wildman–Crippen LogP) is 10.8. The normalized spacial score (nSPS) is 11.7. The third kappa shape index (κ3) is 4.48. The minimum absolute atomic E-state index is 0.511. The van der Waals surface area contributed by atoms with Gasteiger partial charge in [-0.2, -0.15) is 0 Å². The summed E-state index contributed by atoms with van der Waals surface area (Å²) in [5.74, 6) is 2.37. The zero-order valence-corrected chi connectivity index (χ0v) is 26.3. The first-order valence-corrected chi connectivity index (χ1v) is 16.4. The number of para-hydroxylation sites is 3. The van der Waals surface area contributed by atoms with Crippen molar-refractivity contribution in [1.29, 1.82) is 0 Å². The van der Waals surface area contributed by atoms with Gasteiger partial charge in [0.15, 0.2) is 23.3 Å². The molecule has 0 aliphatic carbocycles. The fourth-order valence-corrected chi connectivity index (χ4v) is 7.12. The Labute approximate surface area is 281 Å². The molecule has 8 aromatic carbocycles. The van der Waals surface area contributed by atoms with E-state index < -0.39 is 0 Å². The average Bonchev–Trinajstić information content (AvgIpc) is 3.58. The van der Waals surface area contributed by atoms with Crippen LogP contribution in [0.15, 0.2) is 164 Å². The van der Waals surface area contributed by atoms with Crippen molar-refractivity contribution in [2.75, 3.05) is 0 Å². The standard InChI is InChI=1S/C44H27N5/c1-2-14-32(15-3-1)49-40-21-11-10-20-39(40)45-44(49)43-47-41(30-23-22-28-12-4-5-13-29(28)26-30)46-42(48-43)31-24-25-37-35-18-7-6-16-33(35)34-17-8-9-19-36(34)38(37)27-31/h1-27H. The second-order valence-corrected chi connectivity index (χ2v) is 12.3. The van der Waals surface area contributed by atoms with Crippen LogP contribution in [0.4, 0.5) is 0 Å². The molecule has 0 saturated carbocycles. The van der Waals surface area contributed by atoms with Crippen LogP contribution in [0.2, 0.25) is 0 Å². The Morgan fingerprint density at radius 1 is 0.347 bits per heavy atom. The van der Waals surface area contributed by atoms with Gasteiger partial charge in [-0.25, -0.2) is 19.9 Å². The molecule has 0 radical (unpaired) electrons. The Bertz CT molecular complexity index is 2860. The maximum atomic E-state index is 5.19. The monoisotopic (exact) mass is 625 g/mol. The van der Waals surface area contributed by atoms with Gasteiger partial charge in [0.25, 0.3) is 0 Å². The molecule has 0 N–H and O–H groups in total. The molecule has 0 spiro atoms. The molecule has 0 unspecified atom stereocenters. The highest BCUT2D eigenvalue weighted by atomic mass is 15.1. The Morgan fingerprint density at radius 2 is 0.878 bits per heavy atom. The van der Waals surface area contributed by atoms with Gasteiger partial charge in [-0.15, -0.1) is 0 Å². The van der Waals surface area contributed by atoms with E-state index in [0.29, 0.717) is 23.3 Å². The van der Waals surface area contributed by atoms with E-state index in [4.69, 9.17) is 19.9 Å². The number of benzene rings is 8. The van der Waals surface area contributed by atoms with Gasteiger partial charge in [-0.05, 0) is 79.5 Å². The molecule has 0 amide bonds. The molecule has 49 heavy (non-hydrogen) atoms. The Hall–Kier alpha value is -6.72. The van der Waals surface area contributed by atoms with E-state index in [2.05, 4.69) is 132 Å². The lowest BCUT2D eigenvalue weighted by molar-refractivity contribution is 1.01. The third-order valence-corrected chi connectivity index (χ3v) is 9.42. The maximum Gasteiger partial charge on any atom is 0.200 e. The summed E-state index contributed by atoms with van der Waals surface area (Å²) in [5, 5.41) is 9.57. The molecule has 10 rings (SSSR count). The topological polar surface area (TPSA) is 56.5 Å². The Balaban J connectivity index is 1.26. The van der Waals surface area contributed by atoms with Gasteiger partial charge in [0, 0.05) is 16.8 Å². The average molecular weight is 626 g/mol. The molecule has 0 fully saturated rings. The number of nitrogens with zero attached hydrogens (tertiary/aromatic N) is 5. The van der Waals surface area contributed by atoms with Crippen molar-refractivity contribution in [3.63, 3.8) is 0 Å². The molecule has 0 aliphatic rings. The summed E-state index contributed by atoms with van der Waals surface area (Å²) >= 11 is 0. The Kier molecular flexibility index (Phi) is 6.11. The van der Waals surface area contributed by atoms with Crippen molar-refractivity contribution in [3.8, 4) is 40.1 Å². The van der Waals surface area contributed by atoms with Crippen LogP contribution in [0, 0.1) is 0 Å². The lowest BCUT2D eigenvalue weighted by Gasteiger charge is -2.13. The van der Waals surface area contributed by atoms with Crippen LogP contribution in [0.25, 0.3) is 94.2 Å². The molecule has 10 aromatic rings. The first-order valence-electron chi connectivity index (χ1n) is 16.4. The highest BCUT2D eigenvalue weighted by Gasteiger charge is 2.20. The largest absolute Gasteiger partial charge is 0.290 e.